The number of hydrogen-bond donors (Lipinski definition) is 3. The van der Waals surface area contributed by atoms with Crippen molar-refractivity contribution in [2.75, 3.05) is 19.8 Å². The van der Waals surface area contributed by atoms with Gasteiger partial charge in [0.2, 0.25) is 5.82 Å². The van der Waals surface area contributed by atoms with Gasteiger partial charge in [-0.25, -0.2) is 0 Å². The highest BCUT2D eigenvalue weighted by Gasteiger charge is 2.30. The van der Waals surface area contributed by atoms with E-state index in [1.165, 1.54) is 0 Å². The molecule has 0 unspecified atom stereocenters. The maximum Gasteiger partial charge on any atom is 0.258 e. The summed E-state index contributed by atoms with van der Waals surface area (Å²) >= 11 is 0. The van der Waals surface area contributed by atoms with Crippen molar-refractivity contribution < 1.29 is 23.9 Å². The lowest BCUT2D eigenvalue weighted by Crippen LogP contribution is -2.43. The van der Waals surface area contributed by atoms with Gasteiger partial charge in [-0.15, -0.1) is 0 Å². The Balaban J connectivity index is 1.69. The molecule has 4 N–H and O–H groups in total. The summed E-state index contributed by atoms with van der Waals surface area (Å²) in [6, 6.07) is 12.6. The van der Waals surface area contributed by atoms with Gasteiger partial charge in [0.05, 0.1) is 25.4 Å². The Labute approximate surface area is 190 Å². The number of aryl methyl sites for hydroxylation is 1. The lowest BCUT2D eigenvalue weighted by atomic mass is 9.99. The fourth-order valence-electron chi connectivity index (χ4n) is 3.46. The van der Waals surface area contributed by atoms with Crippen LogP contribution in [-0.4, -0.2) is 40.2 Å². The van der Waals surface area contributed by atoms with E-state index in [1.807, 2.05) is 26.0 Å². The second-order valence-corrected chi connectivity index (χ2v) is 7.89. The fourth-order valence-corrected chi connectivity index (χ4v) is 3.46. The SMILES string of the molecule is CCCOc1ccc(-c2nc(-c3cc(C)c4oc(C(N)(CO)CO)cc4c3)no2)cc1C#N. The van der Waals surface area contributed by atoms with Crippen LogP contribution in [0.3, 0.4) is 0 Å². The van der Waals surface area contributed by atoms with Crippen LogP contribution in [0.5, 0.6) is 5.75 Å². The molecule has 0 aliphatic carbocycles. The fraction of sp³-hybridized carbons (Fsp3) is 0.292. The third-order valence-electron chi connectivity index (χ3n) is 5.35. The number of aliphatic hydroxyl groups excluding tert-OH is 2. The number of aromatic nitrogens is 2. The molecule has 170 valence electrons. The summed E-state index contributed by atoms with van der Waals surface area (Å²) in [7, 11) is 0. The van der Waals surface area contributed by atoms with Crippen molar-refractivity contribution in [3.05, 3.63) is 53.3 Å². The number of rotatable bonds is 8. The zero-order chi connectivity index (χ0) is 23.6. The van der Waals surface area contributed by atoms with Crippen molar-refractivity contribution in [2.24, 2.45) is 5.73 Å². The summed E-state index contributed by atoms with van der Waals surface area (Å²) in [5, 5.41) is 33.4. The maximum atomic E-state index is 9.57. The molecule has 33 heavy (non-hydrogen) atoms. The molecule has 0 saturated carbocycles. The number of nitriles is 1. The molecule has 2 aromatic carbocycles. The highest BCUT2D eigenvalue weighted by atomic mass is 16.5. The summed E-state index contributed by atoms with van der Waals surface area (Å²) < 4.78 is 16.9. The van der Waals surface area contributed by atoms with E-state index in [-0.39, 0.29) is 11.7 Å². The Morgan fingerprint density at radius 3 is 2.64 bits per heavy atom. The molecule has 0 atom stereocenters. The number of benzene rings is 2. The van der Waals surface area contributed by atoms with Crippen molar-refractivity contribution in [3.8, 4) is 34.7 Å². The van der Waals surface area contributed by atoms with Crippen LogP contribution in [0.2, 0.25) is 0 Å². The maximum absolute atomic E-state index is 9.57. The second-order valence-electron chi connectivity index (χ2n) is 7.89. The van der Waals surface area contributed by atoms with Crippen LogP contribution >= 0.6 is 0 Å². The summed E-state index contributed by atoms with van der Waals surface area (Å²) in [5.41, 5.74) is 7.76. The van der Waals surface area contributed by atoms with Gasteiger partial charge in [-0.05, 0) is 55.3 Å². The van der Waals surface area contributed by atoms with Gasteiger partial charge in [0.15, 0.2) is 0 Å². The average Bonchev–Trinajstić information content (AvgIpc) is 3.50. The Hall–Kier alpha value is -3.71. The Kier molecular flexibility index (Phi) is 6.16. The summed E-state index contributed by atoms with van der Waals surface area (Å²) in [5.74, 6) is 1.44. The number of aliphatic hydroxyl groups is 2. The standard InChI is InChI=1S/C24H24N4O5/c1-3-6-31-19-5-4-15(8-18(19)11-25)23-27-22(28-33-23)17-7-14(2)21-16(9-17)10-20(32-21)24(26,12-29)13-30/h4-5,7-10,29-30H,3,6,12-13,26H2,1-2H3. The Bertz CT molecular complexity index is 1330. The monoisotopic (exact) mass is 448 g/mol. The normalized spacial score (nSPS) is 11.6. The van der Waals surface area contributed by atoms with Gasteiger partial charge in [0, 0.05) is 16.5 Å². The summed E-state index contributed by atoms with van der Waals surface area (Å²) in [4.78, 5) is 4.49. The average molecular weight is 448 g/mol. The minimum atomic E-state index is -1.38. The number of hydrogen-bond acceptors (Lipinski definition) is 9. The third kappa shape index (κ3) is 4.19. The molecule has 0 spiro atoms. The van der Waals surface area contributed by atoms with E-state index in [2.05, 4.69) is 16.2 Å². The van der Waals surface area contributed by atoms with Gasteiger partial charge < -0.3 is 29.6 Å². The van der Waals surface area contributed by atoms with Crippen molar-refractivity contribution in [3.63, 3.8) is 0 Å². The molecule has 4 rings (SSSR count). The van der Waals surface area contributed by atoms with Gasteiger partial charge in [0.25, 0.3) is 5.89 Å². The quantitative estimate of drug-likeness (QED) is 0.369. The van der Waals surface area contributed by atoms with Crippen LogP contribution in [0.4, 0.5) is 0 Å². The van der Waals surface area contributed by atoms with E-state index in [1.54, 1.807) is 24.3 Å². The van der Waals surface area contributed by atoms with Crippen LogP contribution < -0.4 is 10.5 Å². The predicted octanol–water partition coefficient (Wildman–Crippen LogP) is 3.26. The number of ether oxygens (including phenoxy) is 1. The first-order valence-corrected chi connectivity index (χ1v) is 10.5. The molecule has 2 heterocycles. The highest BCUT2D eigenvalue weighted by Crippen LogP contribution is 2.33. The van der Waals surface area contributed by atoms with Crippen molar-refractivity contribution in [1.29, 1.82) is 5.26 Å². The number of nitrogens with two attached hydrogens (primary N) is 1. The van der Waals surface area contributed by atoms with Crippen LogP contribution in [0.1, 0.15) is 30.2 Å². The molecule has 4 aromatic rings. The van der Waals surface area contributed by atoms with Gasteiger partial charge in [-0.3, -0.25) is 0 Å². The molecule has 0 radical (unpaired) electrons. The molecule has 0 saturated heterocycles. The van der Waals surface area contributed by atoms with Crippen molar-refractivity contribution in [1.82, 2.24) is 10.1 Å². The van der Waals surface area contributed by atoms with Gasteiger partial charge in [-0.1, -0.05) is 12.1 Å². The van der Waals surface area contributed by atoms with Crippen molar-refractivity contribution in [2.45, 2.75) is 25.8 Å². The van der Waals surface area contributed by atoms with Crippen LogP contribution in [0.15, 0.2) is 45.3 Å². The van der Waals surface area contributed by atoms with Crippen LogP contribution in [-0.2, 0) is 5.54 Å². The molecule has 9 nitrogen and oxygen atoms in total. The molecule has 0 fully saturated rings. The molecule has 9 heteroatoms. The molecule has 0 aliphatic heterocycles. The Morgan fingerprint density at radius 1 is 1.15 bits per heavy atom. The summed E-state index contributed by atoms with van der Waals surface area (Å²) in [6.07, 6.45) is 0.841. The molecule has 0 amide bonds. The number of furan rings is 1. The molecule has 0 bridgehead atoms. The first kappa shape index (κ1) is 22.5. The van der Waals surface area contributed by atoms with E-state index in [9.17, 15) is 15.5 Å². The van der Waals surface area contributed by atoms with E-state index in [0.29, 0.717) is 40.5 Å². The lowest BCUT2D eigenvalue weighted by molar-refractivity contribution is 0.105. The van der Waals surface area contributed by atoms with Gasteiger partial charge in [-0.2, -0.15) is 10.2 Å². The van der Waals surface area contributed by atoms with Gasteiger partial charge >= 0.3 is 0 Å². The zero-order valence-corrected chi connectivity index (χ0v) is 18.3. The van der Waals surface area contributed by atoms with E-state index in [0.717, 1.165) is 17.4 Å². The molecule has 0 aliphatic rings. The smallest absolute Gasteiger partial charge is 0.258 e. The Morgan fingerprint density at radius 2 is 1.94 bits per heavy atom. The van der Waals surface area contributed by atoms with Crippen molar-refractivity contribution >= 4 is 11.0 Å². The largest absolute Gasteiger partial charge is 0.492 e. The first-order chi connectivity index (χ1) is 15.9. The topological polar surface area (TPSA) is 152 Å². The molecular weight excluding hydrogens is 424 g/mol. The molecule has 2 aromatic heterocycles. The highest BCUT2D eigenvalue weighted by molar-refractivity contribution is 5.86. The minimum Gasteiger partial charge on any atom is -0.492 e. The predicted molar refractivity (Wildman–Crippen MR) is 120 cm³/mol. The van der Waals surface area contributed by atoms with Crippen LogP contribution in [0.25, 0.3) is 33.8 Å². The van der Waals surface area contributed by atoms with E-state index < -0.39 is 18.8 Å². The van der Waals surface area contributed by atoms with E-state index >= 15 is 0 Å². The van der Waals surface area contributed by atoms with E-state index in [4.69, 9.17) is 19.4 Å². The lowest BCUT2D eigenvalue weighted by Gasteiger charge is -2.21. The van der Waals surface area contributed by atoms with Gasteiger partial charge in [0.1, 0.15) is 28.7 Å². The number of fused-ring (bicyclic) bond motifs is 1. The third-order valence-corrected chi connectivity index (χ3v) is 5.35. The first-order valence-electron chi connectivity index (χ1n) is 10.5. The number of nitrogens with zero attached hydrogens (tertiary/aromatic N) is 3. The zero-order valence-electron chi connectivity index (χ0n) is 18.3. The van der Waals surface area contributed by atoms with Crippen LogP contribution in [0, 0.1) is 18.3 Å². The minimum absolute atomic E-state index is 0.274. The molecular formula is C24H24N4O5. The summed E-state index contributed by atoms with van der Waals surface area (Å²) in [6.45, 7) is 3.46. The second kappa shape index (κ2) is 9.03.